The van der Waals surface area contributed by atoms with Crippen LogP contribution in [0.3, 0.4) is 0 Å². The van der Waals surface area contributed by atoms with Gasteiger partial charge in [0.1, 0.15) is 6.10 Å². The molecule has 0 aromatic heterocycles. The highest BCUT2D eigenvalue weighted by atomic mass is 31.1. The molecule has 1 aromatic carbocycles. The van der Waals surface area contributed by atoms with Crippen molar-refractivity contribution in [3.05, 3.63) is 35.9 Å². The molecule has 1 fully saturated rings. The summed E-state index contributed by atoms with van der Waals surface area (Å²) in [7, 11) is -2.24. The molecule has 5 heteroatoms. The fourth-order valence-corrected chi connectivity index (χ4v) is 2.02. The van der Waals surface area contributed by atoms with Crippen LogP contribution < -0.4 is 0 Å². The Morgan fingerprint density at radius 3 is 2.60 bits per heavy atom. The summed E-state index contributed by atoms with van der Waals surface area (Å²) in [5.74, 6) is 0. The van der Waals surface area contributed by atoms with Crippen LogP contribution in [0.25, 0.3) is 0 Å². The third-order valence-electron chi connectivity index (χ3n) is 2.10. The number of benzene rings is 1. The van der Waals surface area contributed by atoms with E-state index in [0.717, 1.165) is 5.56 Å². The Labute approximate surface area is 89.1 Å². The Balaban J connectivity index is 1.77. The van der Waals surface area contributed by atoms with Crippen molar-refractivity contribution in [3.8, 4) is 0 Å². The summed E-state index contributed by atoms with van der Waals surface area (Å²) in [4.78, 5) is 0. The van der Waals surface area contributed by atoms with E-state index >= 15 is 0 Å². The van der Waals surface area contributed by atoms with Gasteiger partial charge < -0.3 is 13.8 Å². The lowest BCUT2D eigenvalue weighted by atomic mass is 10.2. The molecular formula is C10H13O4P. The predicted molar refractivity (Wildman–Crippen MR) is 55.9 cm³/mol. The second-order valence-corrected chi connectivity index (χ2v) is 4.37. The van der Waals surface area contributed by atoms with E-state index in [-0.39, 0.29) is 6.10 Å². The van der Waals surface area contributed by atoms with Crippen LogP contribution in [0, 0.1) is 0 Å². The fourth-order valence-electron chi connectivity index (χ4n) is 1.30. The molecule has 1 saturated heterocycles. The zero-order valence-electron chi connectivity index (χ0n) is 8.22. The van der Waals surface area contributed by atoms with Crippen LogP contribution in [0.4, 0.5) is 0 Å². The highest BCUT2D eigenvalue weighted by Crippen LogP contribution is 2.29. The zero-order valence-corrected chi connectivity index (χ0v) is 9.22. The molecule has 2 rings (SSSR count). The van der Waals surface area contributed by atoms with Gasteiger partial charge in [0.2, 0.25) is 0 Å². The molecule has 15 heavy (non-hydrogen) atoms. The van der Waals surface area contributed by atoms with Gasteiger partial charge >= 0.3 is 8.25 Å². The second kappa shape index (κ2) is 5.42. The second-order valence-electron chi connectivity index (χ2n) is 3.29. The number of rotatable bonds is 3. The van der Waals surface area contributed by atoms with Gasteiger partial charge in [-0.05, 0) is 5.56 Å². The first-order chi connectivity index (χ1) is 7.34. The van der Waals surface area contributed by atoms with Gasteiger partial charge in [-0.2, -0.15) is 0 Å². The molecule has 1 aliphatic heterocycles. The lowest BCUT2D eigenvalue weighted by molar-refractivity contribution is -0.0400. The van der Waals surface area contributed by atoms with Crippen molar-refractivity contribution in [2.75, 3.05) is 13.2 Å². The summed E-state index contributed by atoms with van der Waals surface area (Å²) in [5.41, 5.74) is 1.11. The van der Waals surface area contributed by atoms with Gasteiger partial charge in [0.25, 0.3) is 0 Å². The molecule has 0 saturated carbocycles. The summed E-state index contributed by atoms with van der Waals surface area (Å²) >= 11 is 0. The first-order valence-corrected chi connectivity index (χ1v) is 6.02. The van der Waals surface area contributed by atoms with Gasteiger partial charge in [0, 0.05) is 0 Å². The summed E-state index contributed by atoms with van der Waals surface area (Å²) in [6.45, 7) is 1.23. The highest BCUT2D eigenvalue weighted by Gasteiger charge is 2.18. The monoisotopic (exact) mass is 228 g/mol. The van der Waals surface area contributed by atoms with Gasteiger partial charge in [-0.15, -0.1) is 0 Å². The molecule has 1 aromatic rings. The number of ether oxygens (including phenoxy) is 1. The molecule has 1 heterocycles. The minimum atomic E-state index is -2.24. The molecule has 0 N–H and O–H groups in total. The summed E-state index contributed by atoms with van der Waals surface area (Å²) in [6.07, 6.45) is -0.118. The van der Waals surface area contributed by atoms with Crippen LogP contribution in [0.5, 0.6) is 0 Å². The topological polar surface area (TPSA) is 44.8 Å². The predicted octanol–water partition coefficient (Wildman–Crippen LogP) is 2.01. The average Bonchev–Trinajstić information content (AvgIpc) is 2.30. The van der Waals surface area contributed by atoms with E-state index in [1.165, 1.54) is 0 Å². The van der Waals surface area contributed by atoms with Crippen molar-refractivity contribution in [2.45, 2.75) is 12.7 Å². The summed E-state index contributed by atoms with van der Waals surface area (Å²) in [6, 6.07) is 9.87. The van der Waals surface area contributed by atoms with E-state index in [2.05, 4.69) is 0 Å². The van der Waals surface area contributed by atoms with Gasteiger partial charge in [0.05, 0.1) is 19.8 Å². The normalized spacial score (nSPS) is 26.4. The zero-order chi connectivity index (χ0) is 10.5. The lowest BCUT2D eigenvalue weighted by Crippen LogP contribution is -2.26. The number of hydrogen-bond donors (Lipinski definition) is 0. The highest BCUT2D eigenvalue weighted by molar-refractivity contribution is 7.33. The Bertz CT molecular complexity index is 317. The molecule has 82 valence electrons. The smallest absolute Gasteiger partial charge is 0.319 e. The van der Waals surface area contributed by atoms with Crippen molar-refractivity contribution < 1.29 is 18.3 Å². The van der Waals surface area contributed by atoms with E-state index in [4.69, 9.17) is 13.8 Å². The lowest BCUT2D eigenvalue weighted by Gasteiger charge is -2.22. The fraction of sp³-hybridized carbons (Fsp3) is 0.400. The Morgan fingerprint density at radius 1 is 1.27 bits per heavy atom. The van der Waals surface area contributed by atoms with E-state index in [1.54, 1.807) is 0 Å². The van der Waals surface area contributed by atoms with E-state index in [9.17, 15) is 4.57 Å². The summed E-state index contributed by atoms with van der Waals surface area (Å²) in [5, 5.41) is 0. The van der Waals surface area contributed by atoms with Crippen LogP contribution in [0.1, 0.15) is 5.56 Å². The van der Waals surface area contributed by atoms with Gasteiger partial charge in [-0.25, -0.2) is 0 Å². The van der Waals surface area contributed by atoms with Crippen LogP contribution in [0.15, 0.2) is 30.3 Å². The molecular weight excluding hydrogens is 215 g/mol. The number of hydrogen-bond acceptors (Lipinski definition) is 4. The van der Waals surface area contributed by atoms with Crippen LogP contribution >= 0.6 is 8.25 Å². The van der Waals surface area contributed by atoms with Gasteiger partial charge in [-0.3, -0.25) is 4.57 Å². The van der Waals surface area contributed by atoms with Crippen LogP contribution in [-0.2, 0) is 25.0 Å². The van der Waals surface area contributed by atoms with Crippen LogP contribution in [0.2, 0.25) is 0 Å². The molecule has 0 aliphatic carbocycles. The van der Waals surface area contributed by atoms with Crippen molar-refractivity contribution >= 4 is 8.25 Å². The van der Waals surface area contributed by atoms with Gasteiger partial charge in [0.15, 0.2) is 0 Å². The van der Waals surface area contributed by atoms with Crippen molar-refractivity contribution in [1.29, 1.82) is 0 Å². The molecule has 0 bridgehead atoms. The maximum Gasteiger partial charge on any atom is 0.319 e. The Hall–Kier alpha value is -0.670. The molecule has 1 aliphatic rings. The largest absolute Gasteiger partial charge is 0.369 e. The molecule has 0 amide bonds. The quantitative estimate of drug-likeness (QED) is 0.742. The van der Waals surface area contributed by atoms with Gasteiger partial charge in [-0.1, -0.05) is 30.3 Å². The molecule has 0 unspecified atom stereocenters. The third-order valence-corrected chi connectivity index (χ3v) is 2.91. The standard InChI is InChI=1S/C10H13O4P/c11-15-13-7-10(8-14-15)12-6-9-4-2-1-3-5-9/h1-5,10,15H,6-8H2. The first kappa shape index (κ1) is 10.8. The minimum absolute atomic E-state index is 0.118. The first-order valence-electron chi connectivity index (χ1n) is 4.79. The van der Waals surface area contributed by atoms with Crippen molar-refractivity contribution in [2.24, 2.45) is 0 Å². The maximum atomic E-state index is 10.8. The van der Waals surface area contributed by atoms with Crippen molar-refractivity contribution in [3.63, 3.8) is 0 Å². The molecule has 0 atom stereocenters. The van der Waals surface area contributed by atoms with E-state index in [1.807, 2.05) is 30.3 Å². The maximum absolute atomic E-state index is 10.8. The molecule has 0 spiro atoms. The van der Waals surface area contributed by atoms with E-state index in [0.29, 0.717) is 19.8 Å². The third kappa shape index (κ3) is 3.43. The molecule has 4 nitrogen and oxygen atoms in total. The SMILES string of the molecule is O=[PH]1OCC(OCc2ccccc2)CO1. The average molecular weight is 228 g/mol. The minimum Gasteiger partial charge on any atom is -0.369 e. The summed E-state index contributed by atoms with van der Waals surface area (Å²) < 4.78 is 26.1. The van der Waals surface area contributed by atoms with E-state index < -0.39 is 8.25 Å². The van der Waals surface area contributed by atoms with Crippen molar-refractivity contribution in [1.82, 2.24) is 0 Å². The van der Waals surface area contributed by atoms with Crippen LogP contribution in [-0.4, -0.2) is 19.3 Å². The Kier molecular flexibility index (Phi) is 3.92. The Morgan fingerprint density at radius 2 is 1.93 bits per heavy atom. The molecule has 0 radical (unpaired) electrons.